The first-order chi connectivity index (χ1) is 7.90. The van der Waals surface area contributed by atoms with Crippen LogP contribution in [-0.2, 0) is 0 Å². The fourth-order valence-corrected chi connectivity index (χ4v) is 1.65. The van der Waals surface area contributed by atoms with Gasteiger partial charge in [0.1, 0.15) is 0 Å². The molecule has 0 saturated carbocycles. The fourth-order valence-electron chi connectivity index (χ4n) is 1.45. The molecule has 0 N–H and O–H groups in total. The van der Waals surface area contributed by atoms with Gasteiger partial charge in [-0.2, -0.15) is 0 Å². The fraction of sp³-hybridized carbons (Fsp3) is 0.385. The van der Waals surface area contributed by atoms with Crippen LogP contribution in [0.2, 0.25) is 0 Å². The summed E-state index contributed by atoms with van der Waals surface area (Å²) in [4.78, 5) is 0. The van der Waals surface area contributed by atoms with Crippen LogP contribution in [0.4, 0.5) is 0 Å². The molecule has 1 aliphatic rings. The highest BCUT2D eigenvalue weighted by Gasteiger charge is 2.09. The summed E-state index contributed by atoms with van der Waals surface area (Å²) in [5.74, 6) is 7.81. The Kier molecular flexibility index (Phi) is 4.12. The third-order valence-electron chi connectivity index (χ3n) is 2.20. The Morgan fingerprint density at radius 1 is 1.19 bits per heavy atom. The molecule has 0 fully saturated rings. The lowest BCUT2D eigenvalue weighted by Crippen LogP contribution is -1.97. The Morgan fingerprint density at radius 3 is 2.81 bits per heavy atom. The van der Waals surface area contributed by atoms with E-state index >= 15 is 0 Å². The zero-order chi connectivity index (χ0) is 11.2. The van der Waals surface area contributed by atoms with Gasteiger partial charge in [-0.05, 0) is 18.2 Å². The number of fused-ring (bicyclic) bond motifs is 1. The van der Waals surface area contributed by atoms with Gasteiger partial charge in [-0.25, -0.2) is 0 Å². The Hall–Kier alpha value is -1.14. The minimum absolute atomic E-state index is 0.714. The van der Waals surface area contributed by atoms with Crippen LogP contribution in [0.1, 0.15) is 18.4 Å². The van der Waals surface area contributed by atoms with Gasteiger partial charge in [0.15, 0.2) is 11.5 Å². The molecule has 2 nitrogen and oxygen atoms in total. The molecule has 0 aliphatic carbocycles. The number of ether oxygens (including phenoxy) is 2. The second-order valence-corrected chi connectivity index (χ2v) is 4.25. The lowest BCUT2D eigenvalue weighted by molar-refractivity contribution is 0.297. The van der Waals surface area contributed by atoms with Crippen molar-refractivity contribution in [3.8, 4) is 23.3 Å². The van der Waals surface area contributed by atoms with Crippen molar-refractivity contribution < 1.29 is 9.47 Å². The molecule has 1 aromatic rings. The number of alkyl halides is 1. The summed E-state index contributed by atoms with van der Waals surface area (Å²) in [7, 11) is 0. The maximum Gasteiger partial charge on any atom is 0.162 e. The summed E-state index contributed by atoms with van der Waals surface area (Å²) in [6, 6.07) is 5.84. The molecule has 0 unspecified atom stereocenters. The molecule has 0 amide bonds. The molecule has 0 saturated heterocycles. The first kappa shape index (κ1) is 11.3. The van der Waals surface area contributed by atoms with Gasteiger partial charge in [-0.1, -0.05) is 27.8 Å². The molecule has 1 aromatic carbocycles. The van der Waals surface area contributed by atoms with E-state index in [9.17, 15) is 0 Å². The molecule has 0 bridgehead atoms. The van der Waals surface area contributed by atoms with Crippen molar-refractivity contribution in [1.29, 1.82) is 0 Å². The van der Waals surface area contributed by atoms with E-state index in [0.717, 1.165) is 41.8 Å². The summed E-state index contributed by atoms with van der Waals surface area (Å²) in [6.07, 6.45) is 1.79. The Balaban J connectivity index is 2.18. The summed E-state index contributed by atoms with van der Waals surface area (Å²) in [6.45, 7) is 1.44. The van der Waals surface area contributed by atoms with Crippen LogP contribution < -0.4 is 9.47 Å². The molecule has 2 rings (SSSR count). The Labute approximate surface area is 104 Å². The first-order valence-corrected chi connectivity index (χ1v) is 6.47. The van der Waals surface area contributed by atoms with Gasteiger partial charge in [0.25, 0.3) is 0 Å². The first-order valence-electron chi connectivity index (χ1n) is 5.34. The van der Waals surface area contributed by atoms with Crippen LogP contribution in [0, 0.1) is 11.8 Å². The molecular formula is C13H13BrO2. The van der Waals surface area contributed by atoms with Crippen LogP contribution in [0.25, 0.3) is 0 Å². The number of hydrogen-bond acceptors (Lipinski definition) is 2. The van der Waals surface area contributed by atoms with Crippen molar-refractivity contribution in [3.63, 3.8) is 0 Å². The summed E-state index contributed by atoms with van der Waals surface area (Å²) < 4.78 is 11.1. The van der Waals surface area contributed by atoms with E-state index in [2.05, 4.69) is 27.8 Å². The Bertz CT molecular complexity index is 418. The van der Waals surface area contributed by atoms with Crippen molar-refractivity contribution in [3.05, 3.63) is 23.8 Å². The van der Waals surface area contributed by atoms with E-state index in [1.165, 1.54) is 0 Å². The molecule has 3 heteroatoms. The summed E-state index contributed by atoms with van der Waals surface area (Å²) in [5, 5.41) is 0.907. The summed E-state index contributed by atoms with van der Waals surface area (Å²) >= 11 is 3.35. The van der Waals surface area contributed by atoms with Gasteiger partial charge >= 0.3 is 0 Å². The molecule has 1 aliphatic heterocycles. The van der Waals surface area contributed by atoms with Gasteiger partial charge in [-0.15, -0.1) is 0 Å². The molecule has 0 radical (unpaired) electrons. The van der Waals surface area contributed by atoms with Gasteiger partial charge in [0, 0.05) is 23.7 Å². The number of halogens is 1. The predicted molar refractivity (Wildman–Crippen MR) is 67.3 cm³/mol. The normalized spacial score (nSPS) is 13.6. The van der Waals surface area contributed by atoms with Crippen molar-refractivity contribution in [2.45, 2.75) is 12.8 Å². The van der Waals surface area contributed by atoms with Crippen molar-refractivity contribution in [2.75, 3.05) is 18.5 Å². The zero-order valence-electron chi connectivity index (χ0n) is 8.96. The topological polar surface area (TPSA) is 18.5 Å². The average Bonchev–Trinajstić information content (AvgIpc) is 2.54. The molecule has 0 atom stereocenters. The predicted octanol–water partition coefficient (Wildman–Crippen LogP) is 2.98. The van der Waals surface area contributed by atoms with Gasteiger partial charge in [0.05, 0.1) is 13.2 Å². The zero-order valence-corrected chi connectivity index (χ0v) is 10.5. The standard InChI is InChI=1S/C13H13BrO2/c14-7-2-1-4-11-5-6-12-13(10-11)16-9-3-8-15-12/h5-6,10H,2-3,7-9H2. The highest BCUT2D eigenvalue weighted by Crippen LogP contribution is 2.30. The van der Waals surface area contributed by atoms with E-state index < -0.39 is 0 Å². The highest BCUT2D eigenvalue weighted by atomic mass is 79.9. The molecule has 0 spiro atoms. The second kappa shape index (κ2) is 5.81. The lowest BCUT2D eigenvalue weighted by atomic mass is 10.2. The van der Waals surface area contributed by atoms with E-state index in [4.69, 9.17) is 9.47 Å². The van der Waals surface area contributed by atoms with Crippen LogP contribution in [-0.4, -0.2) is 18.5 Å². The molecule has 0 aromatic heterocycles. The third-order valence-corrected chi connectivity index (χ3v) is 2.60. The quantitative estimate of drug-likeness (QED) is 0.582. The second-order valence-electron chi connectivity index (χ2n) is 3.45. The van der Waals surface area contributed by atoms with Crippen molar-refractivity contribution >= 4 is 15.9 Å². The van der Waals surface area contributed by atoms with E-state index in [0.29, 0.717) is 6.61 Å². The highest BCUT2D eigenvalue weighted by molar-refractivity contribution is 9.09. The van der Waals surface area contributed by atoms with Crippen LogP contribution >= 0.6 is 15.9 Å². The minimum Gasteiger partial charge on any atom is -0.490 e. The largest absolute Gasteiger partial charge is 0.490 e. The Morgan fingerprint density at radius 2 is 2.00 bits per heavy atom. The van der Waals surface area contributed by atoms with E-state index in [-0.39, 0.29) is 0 Å². The van der Waals surface area contributed by atoms with E-state index in [1.54, 1.807) is 0 Å². The van der Waals surface area contributed by atoms with Gasteiger partial charge in [0.2, 0.25) is 0 Å². The van der Waals surface area contributed by atoms with Crippen LogP contribution in [0.15, 0.2) is 18.2 Å². The van der Waals surface area contributed by atoms with Crippen LogP contribution in [0.3, 0.4) is 0 Å². The maximum atomic E-state index is 5.59. The van der Waals surface area contributed by atoms with Gasteiger partial charge in [-0.3, -0.25) is 0 Å². The van der Waals surface area contributed by atoms with Gasteiger partial charge < -0.3 is 9.47 Å². The van der Waals surface area contributed by atoms with Crippen molar-refractivity contribution in [2.24, 2.45) is 0 Å². The number of hydrogen-bond donors (Lipinski definition) is 0. The smallest absolute Gasteiger partial charge is 0.162 e. The number of benzene rings is 1. The molecule has 84 valence electrons. The summed E-state index contributed by atoms with van der Waals surface area (Å²) in [5.41, 5.74) is 0.977. The van der Waals surface area contributed by atoms with Crippen molar-refractivity contribution in [1.82, 2.24) is 0 Å². The van der Waals surface area contributed by atoms with Crippen LogP contribution in [0.5, 0.6) is 11.5 Å². The monoisotopic (exact) mass is 280 g/mol. The average molecular weight is 281 g/mol. The maximum absolute atomic E-state index is 5.59. The molecule has 16 heavy (non-hydrogen) atoms. The molecular weight excluding hydrogens is 268 g/mol. The number of rotatable bonds is 1. The SMILES string of the molecule is BrCCC#Cc1ccc2c(c1)OCCCO2. The third kappa shape index (κ3) is 2.93. The molecule has 1 heterocycles. The lowest BCUT2D eigenvalue weighted by Gasteiger charge is -2.06. The van der Waals surface area contributed by atoms with E-state index in [1.807, 2.05) is 18.2 Å². The minimum atomic E-state index is 0.714.